The van der Waals surface area contributed by atoms with Crippen LogP contribution in [0.15, 0.2) is 48.5 Å². The molecule has 0 spiro atoms. The van der Waals surface area contributed by atoms with Crippen molar-refractivity contribution in [1.82, 2.24) is 15.1 Å². The van der Waals surface area contributed by atoms with E-state index in [1.807, 2.05) is 30.3 Å². The third kappa shape index (κ3) is 5.23. The smallest absolute Gasteiger partial charge is 0.257 e. The molecule has 3 rings (SSSR count). The molecular weight excluding hydrogens is 425 g/mol. The summed E-state index contributed by atoms with van der Waals surface area (Å²) in [5, 5.41) is 17.4. The first kappa shape index (κ1) is 21.5. The number of anilines is 1. The number of nitrogens with zero attached hydrogens (tertiary/aromatic N) is 3. The molecule has 3 aromatic rings. The minimum Gasteiger partial charge on any atom is -0.484 e. The van der Waals surface area contributed by atoms with E-state index in [1.54, 1.807) is 22.9 Å². The molecule has 0 unspecified atom stereocenters. The highest BCUT2D eigenvalue weighted by molar-refractivity contribution is 6.42. The quantitative estimate of drug-likeness (QED) is 0.515. The number of ether oxygens (including phenoxy) is 1. The molecule has 0 saturated heterocycles. The highest BCUT2D eigenvalue weighted by Gasteiger charge is 2.16. The van der Waals surface area contributed by atoms with Gasteiger partial charge in [-0.3, -0.25) is 4.79 Å². The Labute approximate surface area is 184 Å². The average Bonchev–Trinajstić information content (AvgIpc) is 3.08. The molecule has 9 heteroatoms. The van der Waals surface area contributed by atoms with Crippen molar-refractivity contribution >= 4 is 34.9 Å². The Morgan fingerprint density at radius 1 is 1.20 bits per heavy atom. The van der Waals surface area contributed by atoms with Crippen molar-refractivity contribution in [1.29, 1.82) is 5.26 Å². The number of nitrogens with one attached hydrogen (secondary N) is 1. The molecule has 1 heterocycles. The molecule has 154 valence electrons. The summed E-state index contributed by atoms with van der Waals surface area (Å²) < 4.78 is 6.95. The number of benzene rings is 2. The molecule has 0 bridgehead atoms. The summed E-state index contributed by atoms with van der Waals surface area (Å²) in [6.07, 6.45) is 1.10. The van der Waals surface area contributed by atoms with Crippen LogP contribution in [-0.2, 0) is 11.2 Å². The van der Waals surface area contributed by atoms with Crippen LogP contribution in [0.5, 0.6) is 5.75 Å². The zero-order valence-corrected chi connectivity index (χ0v) is 17.5. The first-order valence-corrected chi connectivity index (χ1v) is 9.92. The fourth-order valence-corrected chi connectivity index (χ4v) is 3.08. The van der Waals surface area contributed by atoms with Gasteiger partial charge >= 0.3 is 0 Å². The lowest BCUT2D eigenvalue weighted by Gasteiger charge is -2.08. The number of aryl methyl sites for hydroxylation is 1. The second-order valence-corrected chi connectivity index (χ2v) is 7.20. The van der Waals surface area contributed by atoms with Crippen LogP contribution in [0.3, 0.4) is 0 Å². The van der Waals surface area contributed by atoms with E-state index in [-0.39, 0.29) is 12.5 Å². The van der Waals surface area contributed by atoms with E-state index in [4.69, 9.17) is 33.7 Å². The van der Waals surface area contributed by atoms with Crippen LogP contribution >= 0.6 is 23.2 Å². The van der Waals surface area contributed by atoms with Gasteiger partial charge in [0.1, 0.15) is 23.2 Å². The van der Waals surface area contributed by atoms with Crippen molar-refractivity contribution < 1.29 is 9.53 Å². The average molecular weight is 444 g/mol. The highest BCUT2D eigenvalue weighted by Crippen LogP contribution is 2.26. The molecule has 2 aromatic carbocycles. The van der Waals surface area contributed by atoms with Crippen LogP contribution in [0.25, 0.3) is 5.69 Å². The Kier molecular flexibility index (Phi) is 7.17. The van der Waals surface area contributed by atoms with Gasteiger partial charge in [0, 0.05) is 12.6 Å². The molecule has 0 fully saturated rings. The predicted octanol–water partition coefficient (Wildman–Crippen LogP) is 3.76. The lowest BCUT2D eigenvalue weighted by Crippen LogP contribution is -2.30. The maximum absolute atomic E-state index is 12.0. The molecule has 3 N–H and O–H groups in total. The summed E-state index contributed by atoms with van der Waals surface area (Å²) in [7, 11) is 0. The summed E-state index contributed by atoms with van der Waals surface area (Å²) in [6, 6.07) is 16.3. The summed E-state index contributed by atoms with van der Waals surface area (Å²) >= 11 is 11.8. The van der Waals surface area contributed by atoms with E-state index in [9.17, 15) is 10.1 Å². The van der Waals surface area contributed by atoms with Crippen molar-refractivity contribution in [2.24, 2.45) is 0 Å². The van der Waals surface area contributed by atoms with E-state index in [1.165, 1.54) is 0 Å². The fraction of sp³-hybridized carbons (Fsp3) is 0.190. The van der Waals surface area contributed by atoms with Gasteiger partial charge < -0.3 is 15.8 Å². The number of hydrogen-bond acceptors (Lipinski definition) is 5. The molecular formula is C21H19Cl2N5O2. The molecule has 0 saturated carbocycles. The number of rotatable bonds is 8. The number of aromatic nitrogens is 2. The van der Waals surface area contributed by atoms with E-state index in [0.29, 0.717) is 52.3 Å². The molecule has 1 amide bonds. The third-order valence-corrected chi connectivity index (χ3v) is 5.02. The Bertz CT molecular complexity index is 1080. The Morgan fingerprint density at radius 2 is 1.97 bits per heavy atom. The van der Waals surface area contributed by atoms with Crippen LogP contribution in [0.1, 0.15) is 17.7 Å². The lowest BCUT2D eigenvalue weighted by molar-refractivity contribution is -0.123. The van der Waals surface area contributed by atoms with Crippen molar-refractivity contribution in [2.75, 3.05) is 18.9 Å². The summed E-state index contributed by atoms with van der Waals surface area (Å²) in [6.45, 7) is 0.267. The van der Waals surface area contributed by atoms with Crippen LogP contribution < -0.4 is 15.8 Å². The molecule has 0 aliphatic carbocycles. The van der Waals surface area contributed by atoms with Gasteiger partial charge in [0.2, 0.25) is 0 Å². The van der Waals surface area contributed by atoms with Gasteiger partial charge in [-0.1, -0.05) is 41.4 Å². The maximum atomic E-state index is 12.0. The lowest BCUT2D eigenvalue weighted by atomic mass is 10.1. The van der Waals surface area contributed by atoms with Crippen LogP contribution in [0.4, 0.5) is 5.82 Å². The van der Waals surface area contributed by atoms with Crippen molar-refractivity contribution in [3.63, 3.8) is 0 Å². The summed E-state index contributed by atoms with van der Waals surface area (Å²) in [5.74, 6) is 0.494. The molecule has 1 aromatic heterocycles. The Balaban J connectivity index is 1.50. The van der Waals surface area contributed by atoms with Gasteiger partial charge in [-0.2, -0.15) is 10.4 Å². The summed E-state index contributed by atoms with van der Waals surface area (Å²) in [4.78, 5) is 12.0. The fourth-order valence-electron chi connectivity index (χ4n) is 2.79. The van der Waals surface area contributed by atoms with E-state index < -0.39 is 0 Å². The number of nitrogen functional groups attached to an aromatic ring is 1. The standard InChI is InChI=1S/C21H19Cl2N5O2/c22-17-9-8-15(11-18(17)23)30-13-20(29)26-10-4-7-19-16(12-24)21(25)28(27-19)14-5-2-1-3-6-14/h1-3,5-6,8-9,11H,4,7,10,13,25H2,(H,26,29). The second-order valence-electron chi connectivity index (χ2n) is 6.38. The van der Waals surface area contributed by atoms with Gasteiger partial charge in [-0.25, -0.2) is 4.68 Å². The number of nitriles is 1. The van der Waals surface area contributed by atoms with Gasteiger partial charge in [0.15, 0.2) is 6.61 Å². The molecule has 0 atom stereocenters. The largest absolute Gasteiger partial charge is 0.484 e. The Morgan fingerprint density at radius 3 is 2.67 bits per heavy atom. The predicted molar refractivity (Wildman–Crippen MR) is 116 cm³/mol. The first-order valence-electron chi connectivity index (χ1n) is 9.17. The maximum Gasteiger partial charge on any atom is 0.257 e. The van der Waals surface area contributed by atoms with Crippen LogP contribution in [0.2, 0.25) is 10.0 Å². The van der Waals surface area contributed by atoms with Gasteiger partial charge in [0.05, 0.1) is 21.4 Å². The van der Waals surface area contributed by atoms with Gasteiger partial charge in [-0.15, -0.1) is 0 Å². The first-order chi connectivity index (χ1) is 14.5. The highest BCUT2D eigenvalue weighted by atomic mass is 35.5. The molecule has 30 heavy (non-hydrogen) atoms. The van der Waals surface area contributed by atoms with E-state index in [2.05, 4.69) is 16.5 Å². The number of halogens is 2. The third-order valence-electron chi connectivity index (χ3n) is 4.28. The monoisotopic (exact) mass is 443 g/mol. The van der Waals surface area contributed by atoms with Gasteiger partial charge in [-0.05, 0) is 37.1 Å². The minimum absolute atomic E-state index is 0.142. The van der Waals surface area contributed by atoms with Gasteiger partial charge in [0.25, 0.3) is 5.91 Å². The minimum atomic E-state index is -0.268. The molecule has 0 radical (unpaired) electrons. The normalized spacial score (nSPS) is 10.4. The number of nitrogens with two attached hydrogens (primary N) is 1. The topological polar surface area (TPSA) is 106 Å². The number of para-hydroxylation sites is 1. The van der Waals surface area contributed by atoms with Crippen molar-refractivity contribution in [3.8, 4) is 17.5 Å². The zero-order valence-electron chi connectivity index (χ0n) is 15.9. The number of amides is 1. The number of carbonyl (C=O) groups excluding carboxylic acids is 1. The number of carbonyl (C=O) groups is 1. The van der Waals surface area contributed by atoms with Crippen LogP contribution in [0, 0.1) is 11.3 Å². The van der Waals surface area contributed by atoms with Crippen molar-refractivity contribution in [2.45, 2.75) is 12.8 Å². The zero-order chi connectivity index (χ0) is 21.5. The second kappa shape index (κ2) is 10.0. The van der Waals surface area contributed by atoms with Crippen molar-refractivity contribution in [3.05, 3.63) is 69.8 Å². The SMILES string of the molecule is N#Cc1c(CCCNC(=O)COc2ccc(Cl)c(Cl)c2)nn(-c2ccccc2)c1N. The molecule has 0 aliphatic heterocycles. The Hall–Kier alpha value is -3.21. The molecule has 7 nitrogen and oxygen atoms in total. The van der Waals surface area contributed by atoms with Crippen LogP contribution in [-0.4, -0.2) is 28.8 Å². The summed E-state index contributed by atoms with van der Waals surface area (Å²) in [5.41, 5.74) is 7.82. The van der Waals surface area contributed by atoms with E-state index in [0.717, 1.165) is 5.69 Å². The number of hydrogen-bond donors (Lipinski definition) is 2. The van der Waals surface area contributed by atoms with E-state index >= 15 is 0 Å². The molecule has 0 aliphatic rings.